The van der Waals surface area contributed by atoms with Gasteiger partial charge in [0.05, 0.1) is 0 Å². The maximum Gasteiger partial charge on any atom is 0.302 e. The summed E-state index contributed by atoms with van der Waals surface area (Å²) < 4.78 is 5.18. The first kappa shape index (κ1) is 11.5. The molecule has 0 spiro atoms. The first-order chi connectivity index (χ1) is 7.22. The average Bonchev–Trinajstić information content (AvgIpc) is 2.18. The summed E-state index contributed by atoms with van der Waals surface area (Å²) in [5.41, 5.74) is 1.17. The van der Waals surface area contributed by atoms with Crippen LogP contribution in [0.2, 0.25) is 0 Å². The van der Waals surface area contributed by atoms with E-state index in [4.69, 9.17) is 4.74 Å². The highest BCUT2D eigenvalue weighted by molar-refractivity contribution is 5.66. The smallest absolute Gasteiger partial charge is 0.302 e. The van der Waals surface area contributed by atoms with E-state index in [1.54, 1.807) is 6.08 Å². The molecule has 0 aliphatic heterocycles. The van der Waals surface area contributed by atoms with Gasteiger partial charge in [-0.3, -0.25) is 4.79 Å². The highest BCUT2D eigenvalue weighted by atomic mass is 16.5. The van der Waals surface area contributed by atoms with Crippen LogP contribution in [0.15, 0.2) is 43.0 Å². The number of rotatable bonds is 5. The van der Waals surface area contributed by atoms with Gasteiger partial charge in [-0.1, -0.05) is 36.4 Å². The molecular formula is C13H16O2. The Bertz CT molecular complexity index is 317. The quantitative estimate of drug-likeness (QED) is 0.544. The van der Waals surface area contributed by atoms with Gasteiger partial charge in [-0.2, -0.15) is 0 Å². The summed E-state index contributed by atoms with van der Waals surface area (Å²) in [6.45, 7) is 5.09. The predicted molar refractivity (Wildman–Crippen MR) is 60.5 cm³/mol. The molecule has 0 aliphatic rings. The molecule has 0 unspecified atom stereocenters. The summed E-state index contributed by atoms with van der Waals surface area (Å²) in [6, 6.07) is 9.99. The Morgan fingerprint density at radius 3 is 2.67 bits per heavy atom. The number of ether oxygens (including phenoxy) is 1. The monoisotopic (exact) mass is 204 g/mol. The van der Waals surface area contributed by atoms with Gasteiger partial charge in [-0.25, -0.2) is 0 Å². The number of hydrogen-bond acceptors (Lipinski definition) is 2. The van der Waals surface area contributed by atoms with Crippen molar-refractivity contribution in [2.24, 2.45) is 0 Å². The van der Waals surface area contributed by atoms with Crippen LogP contribution in [0.25, 0.3) is 0 Å². The number of carbonyl (C=O) groups excluding carboxylic acids is 1. The van der Waals surface area contributed by atoms with E-state index in [9.17, 15) is 4.79 Å². The van der Waals surface area contributed by atoms with Crippen molar-refractivity contribution in [3.8, 4) is 0 Å². The van der Waals surface area contributed by atoms with E-state index in [-0.39, 0.29) is 12.1 Å². The number of hydrogen-bond donors (Lipinski definition) is 0. The zero-order valence-electron chi connectivity index (χ0n) is 8.98. The van der Waals surface area contributed by atoms with Gasteiger partial charge in [0.15, 0.2) is 0 Å². The van der Waals surface area contributed by atoms with Gasteiger partial charge in [0.25, 0.3) is 0 Å². The van der Waals surface area contributed by atoms with Crippen LogP contribution in [0.3, 0.4) is 0 Å². The lowest BCUT2D eigenvalue weighted by atomic mass is 10.1. The van der Waals surface area contributed by atoms with E-state index in [0.29, 0.717) is 6.42 Å². The summed E-state index contributed by atoms with van der Waals surface area (Å²) in [7, 11) is 0. The van der Waals surface area contributed by atoms with Crippen LogP contribution in [0.5, 0.6) is 0 Å². The SMILES string of the molecule is C=CC[C@H](Cc1ccccc1)OC(C)=O. The molecule has 0 bridgehead atoms. The molecule has 80 valence electrons. The second kappa shape index (κ2) is 6.02. The molecule has 1 aromatic carbocycles. The molecule has 0 aromatic heterocycles. The highest BCUT2D eigenvalue weighted by Gasteiger charge is 2.10. The van der Waals surface area contributed by atoms with E-state index in [1.807, 2.05) is 30.3 Å². The first-order valence-corrected chi connectivity index (χ1v) is 5.04. The standard InChI is InChI=1S/C13H16O2/c1-3-7-13(15-11(2)14)10-12-8-5-4-6-9-12/h3-6,8-9,13H,1,7,10H2,2H3/t13-/m1/s1. The van der Waals surface area contributed by atoms with Gasteiger partial charge >= 0.3 is 5.97 Å². The molecule has 15 heavy (non-hydrogen) atoms. The van der Waals surface area contributed by atoms with Crippen LogP contribution in [0, 0.1) is 0 Å². The first-order valence-electron chi connectivity index (χ1n) is 5.04. The van der Waals surface area contributed by atoms with Crippen molar-refractivity contribution in [2.75, 3.05) is 0 Å². The molecule has 2 nitrogen and oxygen atoms in total. The minimum Gasteiger partial charge on any atom is -0.462 e. The number of benzene rings is 1. The third-order valence-electron chi connectivity index (χ3n) is 2.07. The van der Waals surface area contributed by atoms with Gasteiger partial charge in [0, 0.05) is 19.8 Å². The topological polar surface area (TPSA) is 26.3 Å². The summed E-state index contributed by atoms with van der Waals surface area (Å²) in [4.78, 5) is 10.9. The molecule has 0 N–H and O–H groups in total. The Hall–Kier alpha value is -1.57. The fourth-order valence-corrected chi connectivity index (χ4v) is 1.47. The predicted octanol–water partition coefficient (Wildman–Crippen LogP) is 2.74. The van der Waals surface area contributed by atoms with Crippen LogP contribution in [-0.4, -0.2) is 12.1 Å². The van der Waals surface area contributed by atoms with E-state index < -0.39 is 0 Å². The van der Waals surface area contributed by atoms with Crippen LogP contribution >= 0.6 is 0 Å². The highest BCUT2D eigenvalue weighted by Crippen LogP contribution is 2.09. The second-order valence-electron chi connectivity index (χ2n) is 3.45. The van der Waals surface area contributed by atoms with Crippen molar-refractivity contribution in [1.29, 1.82) is 0 Å². The average molecular weight is 204 g/mol. The van der Waals surface area contributed by atoms with E-state index in [0.717, 1.165) is 6.42 Å². The zero-order valence-corrected chi connectivity index (χ0v) is 8.98. The molecular weight excluding hydrogens is 188 g/mol. The fraction of sp³-hybridized carbons (Fsp3) is 0.308. The van der Waals surface area contributed by atoms with Crippen molar-refractivity contribution < 1.29 is 9.53 Å². The van der Waals surface area contributed by atoms with Gasteiger partial charge in [0.2, 0.25) is 0 Å². The normalized spacial score (nSPS) is 11.8. The van der Waals surface area contributed by atoms with Crippen LogP contribution in [0.4, 0.5) is 0 Å². The van der Waals surface area contributed by atoms with Crippen LogP contribution in [0.1, 0.15) is 18.9 Å². The molecule has 0 radical (unpaired) electrons. The molecule has 1 rings (SSSR count). The second-order valence-corrected chi connectivity index (χ2v) is 3.45. The summed E-state index contributed by atoms with van der Waals surface area (Å²) in [6.07, 6.45) is 3.11. The van der Waals surface area contributed by atoms with Crippen molar-refractivity contribution >= 4 is 5.97 Å². The molecule has 0 saturated carbocycles. The Morgan fingerprint density at radius 2 is 2.13 bits per heavy atom. The van der Waals surface area contributed by atoms with Crippen LogP contribution in [-0.2, 0) is 16.0 Å². The Labute approximate surface area is 90.6 Å². The minimum absolute atomic E-state index is 0.0950. The van der Waals surface area contributed by atoms with Gasteiger partial charge in [-0.15, -0.1) is 6.58 Å². The summed E-state index contributed by atoms with van der Waals surface area (Å²) in [5, 5.41) is 0. The van der Waals surface area contributed by atoms with Crippen molar-refractivity contribution in [1.82, 2.24) is 0 Å². The van der Waals surface area contributed by atoms with Gasteiger partial charge < -0.3 is 4.74 Å². The molecule has 0 heterocycles. The third kappa shape index (κ3) is 4.45. The number of esters is 1. The van der Waals surface area contributed by atoms with Gasteiger partial charge in [-0.05, 0) is 5.56 Å². The Balaban J connectivity index is 2.58. The van der Waals surface area contributed by atoms with E-state index >= 15 is 0 Å². The minimum atomic E-state index is -0.238. The fourth-order valence-electron chi connectivity index (χ4n) is 1.47. The number of carbonyl (C=O) groups is 1. The summed E-state index contributed by atoms with van der Waals surface area (Å²) in [5.74, 6) is -0.238. The maximum atomic E-state index is 10.9. The third-order valence-corrected chi connectivity index (χ3v) is 2.07. The molecule has 1 aromatic rings. The molecule has 0 amide bonds. The molecule has 1 atom stereocenters. The Morgan fingerprint density at radius 1 is 1.47 bits per heavy atom. The lowest BCUT2D eigenvalue weighted by molar-refractivity contribution is -0.146. The lowest BCUT2D eigenvalue weighted by Gasteiger charge is -2.15. The van der Waals surface area contributed by atoms with Crippen molar-refractivity contribution in [3.05, 3.63) is 48.6 Å². The van der Waals surface area contributed by atoms with Crippen molar-refractivity contribution in [2.45, 2.75) is 25.9 Å². The molecule has 2 heteroatoms. The summed E-state index contributed by atoms with van der Waals surface area (Å²) >= 11 is 0. The zero-order chi connectivity index (χ0) is 11.1. The van der Waals surface area contributed by atoms with E-state index in [1.165, 1.54) is 12.5 Å². The van der Waals surface area contributed by atoms with Gasteiger partial charge in [0.1, 0.15) is 6.10 Å². The molecule has 0 saturated heterocycles. The largest absolute Gasteiger partial charge is 0.462 e. The Kier molecular flexibility index (Phi) is 4.61. The molecule has 0 aliphatic carbocycles. The van der Waals surface area contributed by atoms with E-state index in [2.05, 4.69) is 6.58 Å². The molecule has 0 fully saturated rings. The van der Waals surface area contributed by atoms with Crippen molar-refractivity contribution in [3.63, 3.8) is 0 Å². The maximum absolute atomic E-state index is 10.9. The van der Waals surface area contributed by atoms with Crippen LogP contribution < -0.4 is 0 Å². The lowest BCUT2D eigenvalue weighted by Crippen LogP contribution is -2.18.